The molecule has 0 bridgehead atoms. The van der Waals surface area contributed by atoms with Crippen molar-refractivity contribution in [2.24, 2.45) is 5.92 Å². The molecule has 0 saturated carbocycles. The van der Waals surface area contributed by atoms with Gasteiger partial charge in [-0.15, -0.1) is 11.6 Å². The van der Waals surface area contributed by atoms with Gasteiger partial charge in [-0.3, -0.25) is 14.8 Å². The highest BCUT2D eigenvalue weighted by atomic mass is 35.5. The van der Waals surface area contributed by atoms with Crippen LogP contribution in [0.2, 0.25) is 0 Å². The number of nitrogens with zero attached hydrogens (tertiary/aromatic N) is 1. The van der Waals surface area contributed by atoms with Crippen molar-refractivity contribution in [1.82, 2.24) is 0 Å². The maximum Gasteiger partial charge on any atom is 0.274 e. The Morgan fingerprint density at radius 1 is 1.47 bits per heavy atom. The first-order valence-electron chi connectivity index (χ1n) is 5.57. The first-order chi connectivity index (χ1) is 8.76. The minimum Gasteiger partial charge on any atom is -0.283 e. The van der Waals surface area contributed by atoms with Crippen molar-refractivity contribution in [2.45, 2.75) is 13.8 Å². The summed E-state index contributed by atoms with van der Waals surface area (Å²) in [4.78, 5) is 10.2. The van der Waals surface area contributed by atoms with Gasteiger partial charge in [-0.2, -0.15) is 0 Å². The van der Waals surface area contributed by atoms with Crippen LogP contribution in [-0.4, -0.2) is 25.0 Å². The lowest BCUT2D eigenvalue weighted by Crippen LogP contribution is -2.22. The van der Waals surface area contributed by atoms with Gasteiger partial charge in [-0.05, 0) is 18.9 Å². The van der Waals surface area contributed by atoms with E-state index in [0.717, 1.165) is 0 Å². The molecule has 19 heavy (non-hydrogen) atoms. The highest BCUT2D eigenvalue weighted by Crippen LogP contribution is 2.26. The molecular weight excluding hydrogens is 292 g/mol. The number of hydrogen-bond acceptors (Lipinski definition) is 4. The van der Waals surface area contributed by atoms with E-state index in [2.05, 4.69) is 4.72 Å². The largest absolute Gasteiger partial charge is 0.283 e. The Labute approximate surface area is 117 Å². The lowest BCUT2D eigenvalue weighted by molar-refractivity contribution is -0.385. The molecule has 1 aromatic carbocycles. The van der Waals surface area contributed by atoms with Crippen LogP contribution in [0.3, 0.4) is 0 Å². The fraction of sp³-hybridized carbons (Fsp3) is 0.455. The molecule has 1 rings (SSSR count). The van der Waals surface area contributed by atoms with Crippen molar-refractivity contribution in [2.75, 3.05) is 16.4 Å². The molecule has 1 unspecified atom stereocenters. The minimum absolute atomic E-state index is 0.120. The third-order valence-corrected chi connectivity index (χ3v) is 4.60. The molecule has 0 radical (unpaired) electrons. The second-order valence-corrected chi connectivity index (χ2v) is 6.43. The quantitative estimate of drug-likeness (QED) is 0.497. The molecule has 1 atom stereocenters. The smallest absolute Gasteiger partial charge is 0.274 e. The number of nitro groups is 1. The van der Waals surface area contributed by atoms with Gasteiger partial charge >= 0.3 is 0 Å². The van der Waals surface area contributed by atoms with E-state index in [0.29, 0.717) is 0 Å². The monoisotopic (exact) mass is 306 g/mol. The molecule has 8 heteroatoms. The molecule has 1 N–H and O–H groups in total. The standard InChI is InChI=1S/C11H15ClN2O4S/c1-8(6-12)7-19(17,18)13-10-4-3-5-11(9(10)2)14(15)16/h3-5,8,13H,6-7H2,1-2H3. The fourth-order valence-corrected chi connectivity index (χ4v) is 3.31. The van der Waals surface area contributed by atoms with Gasteiger partial charge in [0.15, 0.2) is 0 Å². The zero-order chi connectivity index (χ0) is 14.6. The first-order valence-corrected chi connectivity index (χ1v) is 7.76. The summed E-state index contributed by atoms with van der Waals surface area (Å²) in [6.45, 7) is 3.22. The van der Waals surface area contributed by atoms with Gasteiger partial charge in [0.2, 0.25) is 10.0 Å². The number of halogens is 1. The van der Waals surface area contributed by atoms with Gasteiger partial charge in [0.05, 0.1) is 21.9 Å². The van der Waals surface area contributed by atoms with Crippen molar-refractivity contribution >= 4 is 33.0 Å². The van der Waals surface area contributed by atoms with Crippen LogP contribution in [0.5, 0.6) is 0 Å². The summed E-state index contributed by atoms with van der Waals surface area (Å²) in [5.41, 5.74) is 0.385. The Morgan fingerprint density at radius 3 is 2.63 bits per heavy atom. The van der Waals surface area contributed by atoms with E-state index in [4.69, 9.17) is 11.6 Å². The summed E-state index contributed by atoms with van der Waals surface area (Å²) >= 11 is 5.58. The second kappa shape index (κ2) is 6.21. The average molecular weight is 307 g/mol. The molecule has 106 valence electrons. The van der Waals surface area contributed by atoms with E-state index in [1.807, 2.05) is 0 Å². The van der Waals surface area contributed by atoms with Crippen molar-refractivity contribution < 1.29 is 13.3 Å². The summed E-state index contributed by atoms with van der Waals surface area (Å²) in [6, 6.07) is 4.26. The van der Waals surface area contributed by atoms with Crippen molar-refractivity contribution in [3.63, 3.8) is 0 Å². The van der Waals surface area contributed by atoms with Crippen LogP contribution >= 0.6 is 11.6 Å². The molecule has 0 saturated heterocycles. The molecule has 0 aliphatic carbocycles. The van der Waals surface area contributed by atoms with Crippen LogP contribution in [0, 0.1) is 23.0 Å². The lowest BCUT2D eigenvalue weighted by atomic mass is 10.2. The zero-order valence-electron chi connectivity index (χ0n) is 10.6. The van der Waals surface area contributed by atoms with Crippen LogP contribution in [0.1, 0.15) is 12.5 Å². The Morgan fingerprint density at radius 2 is 2.11 bits per heavy atom. The number of alkyl halides is 1. The Kier molecular flexibility index (Phi) is 5.13. The molecule has 0 aliphatic rings. The van der Waals surface area contributed by atoms with E-state index in [1.165, 1.54) is 25.1 Å². The van der Waals surface area contributed by atoms with Crippen LogP contribution in [0.15, 0.2) is 18.2 Å². The highest BCUT2D eigenvalue weighted by molar-refractivity contribution is 7.92. The van der Waals surface area contributed by atoms with Crippen LogP contribution in [0.4, 0.5) is 11.4 Å². The zero-order valence-corrected chi connectivity index (χ0v) is 12.2. The summed E-state index contributed by atoms with van der Waals surface area (Å²) in [7, 11) is -3.57. The Hall–Kier alpha value is -1.34. The van der Waals surface area contributed by atoms with Gasteiger partial charge in [0, 0.05) is 11.9 Å². The summed E-state index contributed by atoms with van der Waals surface area (Å²) in [6.07, 6.45) is 0. The van der Waals surface area contributed by atoms with Crippen molar-refractivity contribution in [3.8, 4) is 0 Å². The van der Waals surface area contributed by atoms with E-state index in [-0.39, 0.29) is 34.5 Å². The van der Waals surface area contributed by atoms with E-state index in [1.54, 1.807) is 6.92 Å². The lowest BCUT2D eigenvalue weighted by Gasteiger charge is -2.12. The van der Waals surface area contributed by atoms with Crippen LogP contribution < -0.4 is 4.72 Å². The molecule has 1 aromatic rings. The van der Waals surface area contributed by atoms with E-state index >= 15 is 0 Å². The molecular formula is C11H15ClN2O4S. The highest BCUT2D eigenvalue weighted by Gasteiger charge is 2.19. The Balaban J connectivity index is 3.00. The van der Waals surface area contributed by atoms with Gasteiger partial charge < -0.3 is 0 Å². The van der Waals surface area contributed by atoms with E-state index < -0.39 is 14.9 Å². The molecule has 0 aliphatic heterocycles. The van der Waals surface area contributed by atoms with Gasteiger partial charge in [-0.25, -0.2) is 8.42 Å². The van der Waals surface area contributed by atoms with Gasteiger partial charge in [0.25, 0.3) is 5.69 Å². The molecule has 0 amide bonds. The second-order valence-electron chi connectivity index (χ2n) is 4.35. The number of nitrogens with one attached hydrogen (secondary N) is 1. The SMILES string of the molecule is Cc1c(NS(=O)(=O)CC(C)CCl)cccc1[N+](=O)[O-]. The topological polar surface area (TPSA) is 89.3 Å². The van der Waals surface area contributed by atoms with Crippen molar-refractivity contribution in [3.05, 3.63) is 33.9 Å². The predicted molar refractivity (Wildman–Crippen MR) is 75.1 cm³/mol. The molecule has 6 nitrogen and oxygen atoms in total. The van der Waals surface area contributed by atoms with E-state index in [9.17, 15) is 18.5 Å². The number of anilines is 1. The minimum atomic E-state index is -3.57. The molecule has 0 aromatic heterocycles. The van der Waals surface area contributed by atoms with Crippen LogP contribution in [0.25, 0.3) is 0 Å². The predicted octanol–water partition coefficient (Wildman–Crippen LogP) is 2.52. The molecule has 0 spiro atoms. The molecule has 0 fully saturated rings. The maximum absolute atomic E-state index is 11.9. The van der Waals surface area contributed by atoms with Gasteiger partial charge in [-0.1, -0.05) is 13.0 Å². The summed E-state index contributed by atoms with van der Waals surface area (Å²) in [5.74, 6) is -0.0915. The summed E-state index contributed by atoms with van der Waals surface area (Å²) in [5, 5.41) is 10.8. The average Bonchev–Trinajstić information content (AvgIpc) is 2.30. The number of rotatable bonds is 6. The number of hydrogen-bond donors (Lipinski definition) is 1. The Bertz CT molecular complexity index is 574. The van der Waals surface area contributed by atoms with Gasteiger partial charge in [0.1, 0.15) is 0 Å². The third-order valence-electron chi connectivity index (χ3n) is 2.53. The van der Waals surface area contributed by atoms with Crippen molar-refractivity contribution in [1.29, 1.82) is 0 Å². The fourth-order valence-electron chi connectivity index (χ4n) is 1.56. The summed E-state index contributed by atoms with van der Waals surface area (Å²) < 4.78 is 26.1. The number of benzene rings is 1. The third kappa shape index (κ3) is 4.36. The first kappa shape index (κ1) is 15.7. The molecule has 0 heterocycles. The maximum atomic E-state index is 11.9. The number of sulfonamides is 1. The van der Waals surface area contributed by atoms with Crippen LogP contribution in [-0.2, 0) is 10.0 Å². The number of nitro benzene ring substituents is 1. The normalized spacial score (nSPS) is 13.0.